The quantitative estimate of drug-likeness (QED) is 0.935. The van der Waals surface area contributed by atoms with E-state index >= 15 is 0 Å². The van der Waals surface area contributed by atoms with Crippen LogP contribution in [-0.2, 0) is 11.2 Å². The predicted molar refractivity (Wildman–Crippen MR) is 79.0 cm³/mol. The fourth-order valence-corrected chi connectivity index (χ4v) is 2.51. The normalized spacial score (nSPS) is 17.9. The third-order valence-electron chi connectivity index (χ3n) is 3.75. The molecule has 0 spiro atoms. The Morgan fingerprint density at radius 3 is 3.05 bits per heavy atom. The number of hydrogen-bond donors (Lipinski definition) is 1. The summed E-state index contributed by atoms with van der Waals surface area (Å²) in [6.45, 7) is 1.86. The number of rotatable bonds is 3. The van der Waals surface area contributed by atoms with E-state index in [1.54, 1.807) is 0 Å². The van der Waals surface area contributed by atoms with Crippen molar-refractivity contribution in [2.24, 2.45) is 0 Å². The molecular formula is C14H18ClN3O2. The zero-order valence-electron chi connectivity index (χ0n) is 11.3. The number of aromatic nitrogens is 1. The number of nitrogens with zero attached hydrogens (tertiary/aromatic N) is 2. The van der Waals surface area contributed by atoms with Crippen molar-refractivity contribution in [1.29, 1.82) is 0 Å². The molecule has 108 valence electrons. The van der Waals surface area contributed by atoms with Crippen molar-refractivity contribution in [3.8, 4) is 0 Å². The molecule has 0 bridgehead atoms. The summed E-state index contributed by atoms with van der Waals surface area (Å²) in [6.07, 6.45) is 1.31. The summed E-state index contributed by atoms with van der Waals surface area (Å²) in [4.78, 5) is 14.1. The van der Waals surface area contributed by atoms with E-state index in [0.717, 1.165) is 36.2 Å². The van der Waals surface area contributed by atoms with Crippen molar-refractivity contribution in [3.63, 3.8) is 0 Å². The lowest BCUT2D eigenvalue weighted by atomic mass is 10.1. The van der Waals surface area contributed by atoms with Crippen LogP contribution in [0.4, 0.5) is 0 Å². The fraction of sp³-hybridized carbons (Fsp3) is 0.429. The summed E-state index contributed by atoms with van der Waals surface area (Å²) >= 11 is 0. The lowest BCUT2D eigenvalue weighted by Crippen LogP contribution is -2.39. The van der Waals surface area contributed by atoms with Crippen molar-refractivity contribution in [3.05, 3.63) is 30.0 Å². The maximum Gasteiger partial charge on any atom is 0.228 e. The average Bonchev–Trinajstić information content (AvgIpc) is 3.08. The van der Waals surface area contributed by atoms with Crippen molar-refractivity contribution < 1.29 is 9.32 Å². The molecule has 5 nitrogen and oxygen atoms in total. The van der Waals surface area contributed by atoms with Gasteiger partial charge in [-0.2, -0.15) is 0 Å². The first kappa shape index (κ1) is 14.8. The number of fused-ring (bicyclic) bond motifs is 1. The van der Waals surface area contributed by atoms with E-state index in [0.29, 0.717) is 12.5 Å². The van der Waals surface area contributed by atoms with E-state index in [1.807, 2.05) is 36.2 Å². The highest BCUT2D eigenvalue weighted by Gasteiger charge is 2.24. The first-order valence-electron chi connectivity index (χ1n) is 6.55. The fourth-order valence-electron chi connectivity index (χ4n) is 2.51. The summed E-state index contributed by atoms with van der Waals surface area (Å²) in [5, 5.41) is 8.20. The van der Waals surface area contributed by atoms with Crippen LogP contribution in [0.1, 0.15) is 12.1 Å². The molecule has 1 saturated heterocycles. The van der Waals surface area contributed by atoms with Crippen molar-refractivity contribution in [2.45, 2.75) is 18.9 Å². The molecule has 3 rings (SSSR count). The van der Waals surface area contributed by atoms with Crippen LogP contribution < -0.4 is 5.32 Å². The number of para-hydroxylation sites is 1. The van der Waals surface area contributed by atoms with Gasteiger partial charge < -0.3 is 14.7 Å². The molecule has 2 heterocycles. The van der Waals surface area contributed by atoms with Gasteiger partial charge in [-0.1, -0.05) is 17.3 Å². The van der Waals surface area contributed by atoms with E-state index < -0.39 is 0 Å². The van der Waals surface area contributed by atoms with Gasteiger partial charge in [-0.05, 0) is 25.1 Å². The highest BCUT2D eigenvalue weighted by Crippen LogP contribution is 2.19. The highest BCUT2D eigenvalue weighted by atomic mass is 35.5. The number of halogens is 1. The third-order valence-corrected chi connectivity index (χ3v) is 3.75. The summed E-state index contributed by atoms with van der Waals surface area (Å²) < 4.78 is 5.22. The van der Waals surface area contributed by atoms with Crippen LogP contribution in [0.25, 0.3) is 11.0 Å². The first-order valence-corrected chi connectivity index (χ1v) is 6.55. The Hall–Kier alpha value is -1.59. The summed E-state index contributed by atoms with van der Waals surface area (Å²) in [5.74, 6) is 0.0905. The molecule has 1 amide bonds. The Labute approximate surface area is 123 Å². The Kier molecular flexibility index (Phi) is 4.62. The van der Waals surface area contributed by atoms with Gasteiger partial charge in [0.1, 0.15) is 5.69 Å². The van der Waals surface area contributed by atoms with Gasteiger partial charge in [0.25, 0.3) is 0 Å². The van der Waals surface area contributed by atoms with Gasteiger partial charge in [-0.25, -0.2) is 0 Å². The van der Waals surface area contributed by atoms with E-state index in [-0.39, 0.29) is 18.3 Å². The summed E-state index contributed by atoms with van der Waals surface area (Å²) in [7, 11) is 1.86. The molecule has 1 aliphatic heterocycles. The molecule has 1 aliphatic rings. The lowest BCUT2D eigenvalue weighted by Gasteiger charge is -2.23. The van der Waals surface area contributed by atoms with Crippen molar-refractivity contribution in [1.82, 2.24) is 15.4 Å². The van der Waals surface area contributed by atoms with Crippen LogP contribution >= 0.6 is 12.4 Å². The van der Waals surface area contributed by atoms with E-state index in [9.17, 15) is 4.79 Å². The largest absolute Gasteiger partial charge is 0.356 e. The average molecular weight is 296 g/mol. The molecule has 1 aromatic heterocycles. The minimum absolute atomic E-state index is 0. The van der Waals surface area contributed by atoms with E-state index in [2.05, 4.69) is 10.5 Å². The molecule has 2 aromatic rings. The Bertz CT molecular complexity index is 593. The maximum absolute atomic E-state index is 12.3. The van der Waals surface area contributed by atoms with Crippen molar-refractivity contribution >= 4 is 29.3 Å². The monoisotopic (exact) mass is 295 g/mol. The third kappa shape index (κ3) is 2.78. The number of carbonyl (C=O) groups excluding carboxylic acids is 1. The predicted octanol–water partition coefficient (Wildman–Crippen LogP) is 1.61. The topological polar surface area (TPSA) is 58.4 Å². The molecule has 6 heteroatoms. The van der Waals surface area contributed by atoms with Crippen LogP contribution in [-0.4, -0.2) is 42.1 Å². The van der Waals surface area contributed by atoms with Gasteiger partial charge in [0.15, 0.2) is 5.58 Å². The minimum Gasteiger partial charge on any atom is -0.356 e. The standard InChI is InChI=1S/C14H17N3O2.ClH/c1-17(10-6-7-15-9-10)14(18)8-12-11-4-2-3-5-13(11)19-16-12;/h2-5,10,15H,6-9H2,1H3;1H. The van der Waals surface area contributed by atoms with Crippen LogP contribution in [0.2, 0.25) is 0 Å². The number of carbonyl (C=O) groups is 1. The number of amides is 1. The van der Waals surface area contributed by atoms with Gasteiger partial charge >= 0.3 is 0 Å². The Morgan fingerprint density at radius 1 is 1.50 bits per heavy atom. The number of nitrogens with one attached hydrogen (secondary N) is 1. The molecular weight excluding hydrogens is 278 g/mol. The molecule has 1 N–H and O–H groups in total. The molecule has 20 heavy (non-hydrogen) atoms. The van der Waals surface area contributed by atoms with Gasteiger partial charge in [-0.3, -0.25) is 4.79 Å². The Balaban J connectivity index is 0.00000147. The minimum atomic E-state index is 0. The van der Waals surface area contributed by atoms with E-state index in [1.165, 1.54) is 0 Å². The van der Waals surface area contributed by atoms with Gasteiger partial charge in [0.05, 0.1) is 6.42 Å². The molecule has 0 saturated carbocycles. The van der Waals surface area contributed by atoms with Crippen LogP contribution in [0.3, 0.4) is 0 Å². The number of likely N-dealkylation sites (N-methyl/N-ethyl adjacent to an activating group) is 1. The molecule has 0 radical (unpaired) electrons. The summed E-state index contributed by atoms with van der Waals surface area (Å²) in [5.41, 5.74) is 1.45. The van der Waals surface area contributed by atoms with E-state index in [4.69, 9.17) is 4.52 Å². The zero-order chi connectivity index (χ0) is 13.2. The zero-order valence-corrected chi connectivity index (χ0v) is 12.2. The summed E-state index contributed by atoms with van der Waals surface area (Å²) in [6, 6.07) is 7.92. The molecule has 1 unspecified atom stereocenters. The molecule has 0 aliphatic carbocycles. The highest BCUT2D eigenvalue weighted by molar-refractivity contribution is 5.86. The van der Waals surface area contributed by atoms with Crippen LogP contribution in [0, 0.1) is 0 Å². The second kappa shape index (κ2) is 6.24. The lowest BCUT2D eigenvalue weighted by molar-refractivity contribution is -0.130. The molecule has 1 aromatic carbocycles. The smallest absolute Gasteiger partial charge is 0.228 e. The number of benzene rings is 1. The molecule has 1 fully saturated rings. The second-order valence-corrected chi connectivity index (χ2v) is 4.95. The SMILES string of the molecule is CN(C(=O)Cc1noc2ccccc12)C1CCNC1.Cl. The van der Waals surface area contributed by atoms with Gasteiger partial charge in [0, 0.05) is 25.0 Å². The van der Waals surface area contributed by atoms with Gasteiger partial charge in [0.2, 0.25) is 5.91 Å². The van der Waals surface area contributed by atoms with Crippen LogP contribution in [0.5, 0.6) is 0 Å². The Morgan fingerprint density at radius 2 is 2.30 bits per heavy atom. The maximum atomic E-state index is 12.3. The first-order chi connectivity index (χ1) is 9.25. The molecule has 1 atom stereocenters. The number of hydrogen-bond acceptors (Lipinski definition) is 4. The second-order valence-electron chi connectivity index (χ2n) is 4.95. The van der Waals surface area contributed by atoms with Crippen molar-refractivity contribution in [2.75, 3.05) is 20.1 Å². The van der Waals surface area contributed by atoms with Crippen LogP contribution in [0.15, 0.2) is 28.8 Å². The van der Waals surface area contributed by atoms with Gasteiger partial charge in [-0.15, -0.1) is 12.4 Å².